The number of rotatable bonds is 7. The molecule has 0 atom stereocenters. The summed E-state index contributed by atoms with van der Waals surface area (Å²) in [5, 5.41) is 24.0. The van der Waals surface area contributed by atoms with E-state index >= 15 is 0 Å². The van der Waals surface area contributed by atoms with E-state index in [1.807, 2.05) is 0 Å². The Morgan fingerprint density at radius 3 is 2.31 bits per heavy atom. The summed E-state index contributed by atoms with van der Waals surface area (Å²) in [4.78, 5) is 45.4. The Labute approximate surface area is 169 Å². The van der Waals surface area contributed by atoms with Gasteiger partial charge >= 0.3 is 5.97 Å². The second-order valence-electron chi connectivity index (χ2n) is 5.51. The maximum atomic E-state index is 12.0. The lowest BCUT2D eigenvalue weighted by atomic mass is 10.2. The summed E-state index contributed by atoms with van der Waals surface area (Å²) < 4.78 is 4.88. The van der Waals surface area contributed by atoms with Crippen molar-refractivity contribution in [1.82, 2.24) is 0 Å². The topological polar surface area (TPSA) is 151 Å². The highest BCUT2D eigenvalue weighted by molar-refractivity contribution is 6.32. The van der Waals surface area contributed by atoms with Crippen LogP contribution in [-0.4, -0.2) is 29.3 Å². The number of nitrogens with one attached hydrogen (secondary N) is 2. The van der Waals surface area contributed by atoms with Crippen LogP contribution in [-0.2, 0) is 14.3 Å². The molecule has 0 bridgehead atoms. The molecule has 0 fully saturated rings. The molecule has 0 heterocycles. The van der Waals surface area contributed by atoms with Crippen LogP contribution >= 0.6 is 11.6 Å². The number of esters is 1. The van der Waals surface area contributed by atoms with Gasteiger partial charge in [-0.15, -0.1) is 0 Å². The number of carbonyl (C=O) groups is 3. The predicted octanol–water partition coefficient (Wildman–Crippen LogP) is 2.90. The van der Waals surface area contributed by atoms with Crippen LogP contribution in [0.1, 0.15) is 16.8 Å². The zero-order valence-corrected chi connectivity index (χ0v) is 15.4. The minimum atomic E-state index is -0.780. The molecule has 0 aliphatic heterocycles. The van der Waals surface area contributed by atoms with E-state index in [9.17, 15) is 24.5 Å². The molecular formula is C18H13ClN4O6. The Morgan fingerprint density at radius 2 is 1.69 bits per heavy atom. The summed E-state index contributed by atoms with van der Waals surface area (Å²) in [6.45, 7) is -0.615. The van der Waals surface area contributed by atoms with E-state index in [0.717, 1.165) is 6.07 Å². The zero-order chi connectivity index (χ0) is 21.4. The van der Waals surface area contributed by atoms with E-state index in [-0.39, 0.29) is 28.4 Å². The summed E-state index contributed by atoms with van der Waals surface area (Å²) in [6, 6.07) is 11.1. The lowest BCUT2D eigenvalue weighted by Gasteiger charge is -2.08. The first-order chi connectivity index (χ1) is 13.8. The highest BCUT2D eigenvalue weighted by Crippen LogP contribution is 2.27. The number of hydrogen-bond donors (Lipinski definition) is 2. The van der Waals surface area contributed by atoms with E-state index < -0.39 is 29.3 Å². The third kappa shape index (κ3) is 6.30. The van der Waals surface area contributed by atoms with Gasteiger partial charge in [0.25, 0.3) is 11.6 Å². The molecule has 0 spiro atoms. The predicted molar refractivity (Wildman–Crippen MR) is 102 cm³/mol. The molecule has 0 radical (unpaired) electrons. The molecule has 0 aliphatic carbocycles. The minimum absolute atomic E-state index is 0.0771. The standard InChI is InChI=1S/C18H13ClN4O6/c19-14-6-5-13(9-15(14)23(27)28)22-17(25)10-29-18(26)11-1-3-12(4-2-11)21-16(24)7-8-20/h1-6,9H,7,10H2,(H,21,24)(H,22,25). The van der Waals surface area contributed by atoms with Gasteiger partial charge < -0.3 is 15.4 Å². The van der Waals surface area contributed by atoms with Crippen LogP contribution in [0.4, 0.5) is 17.1 Å². The fraction of sp³-hybridized carbons (Fsp3) is 0.111. The van der Waals surface area contributed by atoms with Crippen LogP contribution in [0.5, 0.6) is 0 Å². The van der Waals surface area contributed by atoms with Gasteiger partial charge in [-0.2, -0.15) is 5.26 Å². The van der Waals surface area contributed by atoms with Crippen molar-refractivity contribution >= 4 is 46.4 Å². The molecule has 10 nitrogen and oxygen atoms in total. The molecule has 0 unspecified atom stereocenters. The van der Waals surface area contributed by atoms with Crippen molar-refractivity contribution in [1.29, 1.82) is 5.26 Å². The third-order valence-electron chi connectivity index (χ3n) is 3.40. The quantitative estimate of drug-likeness (QED) is 0.400. The van der Waals surface area contributed by atoms with Crippen molar-refractivity contribution in [2.45, 2.75) is 6.42 Å². The van der Waals surface area contributed by atoms with Crippen LogP contribution in [0.25, 0.3) is 0 Å². The first kappa shape index (κ1) is 21.3. The summed E-state index contributed by atoms with van der Waals surface area (Å²) in [7, 11) is 0. The number of hydrogen-bond acceptors (Lipinski definition) is 7. The fourth-order valence-corrected chi connectivity index (χ4v) is 2.30. The number of carbonyl (C=O) groups excluding carboxylic acids is 3. The number of benzene rings is 2. The number of nitriles is 1. The maximum absolute atomic E-state index is 12.0. The Hall–Kier alpha value is -3.97. The fourth-order valence-electron chi connectivity index (χ4n) is 2.11. The molecule has 2 N–H and O–H groups in total. The van der Waals surface area contributed by atoms with E-state index in [1.165, 1.54) is 36.4 Å². The molecule has 0 aliphatic rings. The molecular weight excluding hydrogens is 404 g/mol. The number of anilines is 2. The Bertz CT molecular complexity index is 1000. The zero-order valence-electron chi connectivity index (χ0n) is 14.7. The van der Waals surface area contributed by atoms with E-state index in [4.69, 9.17) is 21.6 Å². The molecule has 0 aromatic heterocycles. The van der Waals surface area contributed by atoms with Crippen LogP contribution in [0.15, 0.2) is 42.5 Å². The van der Waals surface area contributed by atoms with Crippen LogP contribution < -0.4 is 10.6 Å². The van der Waals surface area contributed by atoms with Gasteiger partial charge in [-0.3, -0.25) is 19.7 Å². The molecule has 2 amide bonds. The molecule has 29 heavy (non-hydrogen) atoms. The number of ether oxygens (including phenoxy) is 1. The Balaban J connectivity index is 1.89. The second-order valence-corrected chi connectivity index (χ2v) is 5.92. The summed E-state index contributed by atoms with van der Waals surface area (Å²) in [6.07, 6.45) is -0.296. The van der Waals surface area contributed by atoms with Gasteiger partial charge in [0.1, 0.15) is 11.4 Å². The number of nitro benzene ring substituents is 1. The number of amides is 2. The van der Waals surface area contributed by atoms with Gasteiger partial charge in [-0.05, 0) is 36.4 Å². The summed E-state index contributed by atoms with van der Waals surface area (Å²) >= 11 is 5.69. The molecule has 11 heteroatoms. The van der Waals surface area contributed by atoms with E-state index in [2.05, 4.69) is 10.6 Å². The van der Waals surface area contributed by atoms with Crippen molar-refractivity contribution in [2.24, 2.45) is 0 Å². The van der Waals surface area contributed by atoms with Crippen molar-refractivity contribution < 1.29 is 24.0 Å². The Morgan fingerprint density at radius 1 is 1.07 bits per heavy atom. The van der Waals surface area contributed by atoms with Crippen LogP contribution in [0.3, 0.4) is 0 Å². The van der Waals surface area contributed by atoms with Crippen molar-refractivity contribution in [3.05, 3.63) is 63.2 Å². The largest absolute Gasteiger partial charge is 0.452 e. The van der Waals surface area contributed by atoms with Crippen LogP contribution in [0.2, 0.25) is 5.02 Å². The highest BCUT2D eigenvalue weighted by Gasteiger charge is 2.15. The normalized spacial score (nSPS) is 9.79. The molecule has 2 aromatic rings. The van der Waals surface area contributed by atoms with Gasteiger partial charge in [-0.25, -0.2) is 4.79 Å². The van der Waals surface area contributed by atoms with Gasteiger partial charge in [0.15, 0.2) is 6.61 Å². The van der Waals surface area contributed by atoms with Gasteiger partial charge in [0.2, 0.25) is 5.91 Å². The van der Waals surface area contributed by atoms with Gasteiger partial charge in [0, 0.05) is 17.4 Å². The molecule has 0 saturated heterocycles. The number of halogens is 1. The SMILES string of the molecule is N#CCC(=O)Nc1ccc(C(=O)OCC(=O)Nc2ccc(Cl)c([N+](=O)[O-])c2)cc1. The minimum Gasteiger partial charge on any atom is -0.452 e. The maximum Gasteiger partial charge on any atom is 0.338 e. The van der Waals surface area contributed by atoms with Crippen LogP contribution in [0, 0.1) is 21.4 Å². The average Bonchev–Trinajstić information content (AvgIpc) is 2.68. The molecule has 0 saturated carbocycles. The monoisotopic (exact) mass is 416 g/mol. The van der Waals surface area contributed by atoms with E-state index in [1.54, 1.807) is 6.07 Å². The number of nitro groups is 1. The summed E-state index contributed by atoms with van der Waals surface area (Å²) in [5.74, 6) is -1.96. The first-order valence-electron chi connectivity index (χ1n) is 7.98. The number of nitrogens with zero attached hydrogens (tertiary/aromatic N) is 2. The lowest BCUT2D eigenvalue weighted by molar-refractivity contribution is -0.384. The highest BCUT2D eigenvalue weighted by atomic mass is 35.5. The van der Waals surface area contributed by atoms with Crippen molar-refractivity contribution in [3.8, 4) is 6.07 Å². The molecule has 2 aromatic carbocycles. The van der Waals surface area contributed by atoms with Gasteiger partial charge in [-0.1, -0.05) is 11.6 Å². The van der Waals surface area contributed by atoms with Gasteiger partial charge in [0.05, 0.1) is 16.6 Å². The third-order valence-corrected chi connectivity index (χ3v) is 3.72. The van der Waals surface area contributed by atoms with Crippen molar-refractivity contribution in [3.63, 3.8) is 0 Å². The second kappa shape index (κ2) is 9.82. The smallest absolute Gasteiger partial charge is 0.338 e. The Kier molecular flexibility index (Phi) is 7.22. The first-order valence-corrected chi connectivity index (χ1v) is 8.35. The van der Waals surface area contributed by atoms with E-state index in [0.29, 0.717) is 5.69 Å². The lowest BCUT2D eigenvalue weighted by Crippen LogP contribution is -2.21. The molecule has 2 rings (SSSR count). The average molecular weight is 417 g/mol. The van der Waals surface area contributed by atoms with Crippen molar-refractivity contribution in [2.75, 3.05) is 17.2 Å². The summed E-state index contributed by atoms with van der Waals surface area (Å²) in [5.41, 5.74) is 0.283. The molecule has 148 valence electrons.